The summed E-state index contributed by atoms with van der Waals surface area (Å²) in [7, 11) is 1.63. The molecule has 0 saturated heterocycles. The van der Waals surface area contributed by atoms with Gasteiger partial charge in [-0.1, -0.05) is 72.3 Å². The normalized spacial score (nSPS) is 11.9. The van der Waals surface area contributed by atoms with E-state index in [1.54, 1.807) is 19.3 Å². The van der Waals surface area contributed by atoms with E-state index in [0.29, 0.717) is 0 Å². The largest absolute Gasteiger partial charge is 0.497 e. The zero-order valence-electron chi connectivity index (χ0n) is 15.6. The molecule has 27 heavy (non-hydrogen) atoms. The van der Waals surface area contributed by atoms with Gasteiger partial charge in [0.25, 0.3) is 0 Å². The molecule has 1 amide bonds. The third-order valence-electron chi connectivity index (χ3n) is 4.37. The molecular formula is C24H23NO2. The van der Waals surface area contributed by atoms with Crippen LogP contribution < -0.4 is 10.1 Å². The number of ether oxygens (including phenoxy) is 1. The second-order valence-corrected chi connectivity index (χ2v) is 6.37. The van der Waals surface area contributed by atoms with Gasteiger partial charge in [-0.15, -0.1) is 0 Å². The summed E-state index contributed by atoms with van der Waals surface area (Å²) in [5.41, 5.74) is 4.24. The van der Waals surface area contributed by atoms with Crippen LogP contribution in [0.5, 0.6) is 5.75 Å². The molecule has 3 nitrogen and oxygen atoms in total. The topological polar surface area (TPSA) is 38.3 Å². The number of benzene rings is 3. The van der Waals surface area contributed by atoms with Crippen molar-refractivity contribution in [1.82, 2.24) is 5.32 Å². The summed E-state index contributed by atoms with van der Waals surface area (Å²) >= 11 is 0. The van der Waals surface area contributed by atoms with Crippen LogP contribution in [0.2, 0.25) is 0 Å². The molecule has 0 radical (unpaired) electrons. The van der Waals surface area contributed by atoms with Gasteiger partial charge in [0.2, 0.25) is 5.91 Å². The minimum atomic E-state index is -0.195. The van der Waals surface area contributed by atoms with Crippen LogP contribution in [0, 0.1) is 6.92 Å². The number of methoxy groups -OCH3 is 1. The van der Waals surface area contributed by atoms with Crippen LogP contribution in [0.1, 0.15) is 28.3 Å². The molecule has 0 unspecified atom stereocenters. The lowest BCUT2D eigenvalue weighted by Gasteiger charge is -2.19. The molecule has 3 aromatic rings. The second-order valence-electron chi connectivity index (χ2n) is 6.37. The summed E-state index contributed by atoms with van der Waals surface area (Å²) in [4.78, 5) is 12.5. The van der Waals surface area contributed by atoms with Gasteiger partial charge in [0, 0.05) is 6.08 Å². The molecule has 0 bridgehead atoms. The lowest BCUT2D eigenvalue weighted by Crippen LogP contribution is -2.27. The molecule has 0 fully saturated rings. The Hall–Kier alpha value is -3.33. The van der Waals surface area contributed by atoms with Crippen LogP contribution in [0.3, 0.4) is 0 Å². The molecule has 0 aliphatic rings. The maximum Gasteiger partial charge on any atom is 0.244 e. The number of carbonyl (C=O) groups excluding carboxylic acids is 1. The van der Waals surface area contributed by atoms with Crippen LogP contribution in [0.15, 0.2) is 84.9 Å². The predicted molar refractivity (Wildman–Crippen MR) is 110 cm³/mol. The summed E-state index contributed by atoms with van der Waals surface area (Å²) in [6.07, 6.45) is 3.36. The quantitative estimate of drug-likeness (QED) is 0.636. The summed E-state index contributed by atoms with van der Waals surface area (Å²) in [5.74, 6) is 0.653. The van der Waals surface area contributed by atoms with Gasteiger partial charge < -0.3 is 10.1 Å². The van der Waals surface area contributed by atoms with E-state index in [9.17, 15) is 4.79 Å². The fourth-order valence-corrected chi connectivity index (χ4v) is 2.84. The summed E-state index contributed by atoms with van der Waals surface area (Å²) in [6.45, 7) is 2.05. The second kappa shape index (κ2) is 8.86. The molecule has 0 aliphatic heterocycles. The maximum absolute atomic E-state index is 12.5. The molecule has 136 valence electrons. The van der Waals surface area contributed by atoms with Crippen molar-refractivity contribution in [3.63, 3.8) is 0 Å². The van der Waals surface area contributed by atoms with E-state index in [-0.39, 0.29) is 11.9 Å². The molecule has 3 aromatic carbocycles. The number of hydrogen-bond donors (Lipinski definition) is 1. The number of aryl methyl sites for hydroxylation is 1. The molecule has 0 heterocycles. The van der Waals surface area contributed by atoms with E-state index < -0.39 is 0 Å². The van der Waals surface area contributed by atoms with Crippen molar-refractivity contribution in [2.24, 2.45) is 0 Å². The highest BCUT2D eigenvalue weighted by molar-refractivity contribution is 5.92. The van der Waals surface area contributed by atoms with E-state index >= 15 is 0 Å². The van der Waals surface area contributed by atoms with Crippen LogP contribution in [-0.2, 0) is 4.79 Å². The Bertz CT molecular complexity index is 897. The number of carbonyl (C=O) groups is 1. The van der Waals surface area contributed by atoms with Gasteiger partial charge in [-0.05, 0) is 41.8 Å². The number of hydrogen-bond acceptors (Lipinski definition) is 2. The first-order chi connectivity index (χ1) is 13.2. The van der Waals surface area contributed by atoms with Crippen molar-refractivity contribution in [2.45, 2.75) is 13.0 Å². The number of amides is 1. The highest BCUT2D eigenvalue weighted by Gasteiger charge is 2.15. The van der Waals surface area contributed by atoms with Crippen LogP contribution in [0.25, 0.3) is 6.08 Å². The van der Waals surface area contributed by atoms with E-state index in [1.807, 2.05) is 54.6 Å². The van der Waals surface area contributed by atoms with Crippen LogP contribution >= 0.6 is 0 Å². The maximum atomic E-state index is 12.5. The molecule has 3 rings (SSSR count). The molecule has 0 aliphatic carbocycles. The summed E-state index contributed by atoms with van der Waals surface area (Å²) in [6, 6.07) is 25.6. The number of rotatable bonds is 6. The number of nitrogens with one attached hydrogen (secondary N) is 1. The van der Waals surface area contributed by atoms with Gasteiger partial charge in [0.1, 0.15) is 5.75 Å². The Labute approximate surface area is 160 Å². The van der Waals surface area contributed by atoms with Crippen molar-refractivity contribution in [3.8, 4) is 5.75 Å². The van der Waals surface area contributed by atoms with Gasteiger partial charge in [0.05, 0.1) is 13.2 Å². The molecule has 0 saturated carbocycles. The molecule has 0 aromatic heterocycles. The summed E-state index contributed by atoms with van der Waals surface area (Å²) in [5, 5.41) is 3.11. The minimum absolute atomic E-state index is 0.139. The highest BCUT2D eigenvalue weighted by atomic mass is 16.5. The van der Waals surface area contributed by atoms with E-state index in [1.165, 1.54) is 5.56 Å². The molecule has 1 atom stereocenters. The first-order valence-electron chi connectivity index (χ1n) is 8.90. The van der Waals surface area contributed by atoms with Crippen LogP contribution in [-0.4, -0.2) is 13.0 Å². The van der Waals surface area contributed by atoms with Crippen molar-refractivity contribution in [3.05, 3.63) is 107 Å². The average molecular weight is 357 g/mol. The van der Waals surface area contributed by atoms with E-state index in [2.05, 4.69) is 36.5 Å². The zero-order valence-corrected chi connectivity index (χ0v) is 15.6. The fourth-order valence-electron chi connectivity index (χ4n) is 2.84. The van der Waals surface area contributed by atoms with Gasteiger partial charge in [-0.3, -0.25) is 4.79 Å². The Balaban J connectivity index is 1.77. The molecule has 1 N–H and O–H groups in total. The molecule has 3 heteroatoms. The highest BCUT2D eigenvalue weighted by Crippen LogP contribution is 2.22. The Morgan fingerprint density at radius 1 is 0.889 bits per heavy atom. The monoisotopic (exact) mass is 357 g/mol. The average Bonchev–Trinajstić information content (AvgIpc) is 2.72. The first kappa shape index (κ1) is 18.5. The van der Waals surface area contributed by atoms with Gasteiger partial charge >= 0.3 is 0 Å². The van der Waals surface area contributed by atoms with Gasteiger partial charge in [-0.2, -0.15) is 0 Å². The first-order valence-corrected chi connectivity index (χ1v) is 8.90. The third kappa shape index (κ3) is 5.08. The fraction of sp³-hybridized carbons (Fsp3) is 0.125. The van der Waals surface area contributed by atoms with Crippen molar-refractivity contribution in [1.29, 1.82) is 0 Å². The Morgan fingerprint density at radius 2 is 1.52 bits per heavy atom. The Morgan fingerprint density at radius 3 is 2.15 bits per heavy atom. The SMILES string of the molecule is COc1ccc(/C=C/C(=O)N[C@@H](c2ccccc2)c2ccc(C)cc2)cc1. The lowest BCUT2D eigenvalue weighted by molar-refractivity contribution is -0.116. The molecular weight excluding hydrogens is 334 g/mol. The summed E-state index contributed by atoms with van der Waals surface area (Å²) < 4.78 is 5.15. The van der Waals surface area contributed by atoms with E-state index in [0.717, 1.165) is 22.4 Å². The predicted octanol–water partition coefficient (Wildman–Crippen LogP) is 4.92. The van der Waals surface area contributed by atoms with Crippen molar-refractivity contribution in [2.75, 3.05) is 7.11 Å². The van der Waals surface area contributed by atoms with Crippen molar-refractivity contribution >= 4 is 12.0 Å². The standard InChI is InChI=1S/C24H23NO2/c1-18-8-13-21(14-9-18)24(20-6-4-3-5-7-20)25-23(26)17-12-19-10-15-22(27-2)16-11-19/h3-17,24H,1-2H3,(H,25,26)/b17-12+/t24-/m0/s1. The van der Waals surface area contributed by atoms with E-state index in [4.69, 9.17) is 4.74 Å². The van der Waals surface area contributed by atoms with Gasteiger partial charge in [-0.25, -0.2) is 0 Å². The van der Waals surface area contributed by atoms with Crippen LogP contribution in [0.4, 0.5) is 0 Å². The van der Waals surface area contributed by atoms with Crippen molar-refractivity contribution < 1.29 is 9.53 Å². The van der Waals surface area contributed by atoms with Gasteiger partial charge in [0.15, 0.2) is 0 Å². The lowest BCUT2D eigenvalue weighted by atomic mass is 9.98. The zero-order chi connectivity index (χ0) is 19.1. The minimum Gasteiger partial charge on any atom is -0.497 e. The molecule has 0 spiro atoms. The third-order valence-corrected chi connectivity index (χ3v) is 4.37. The smallest absolute Gasteiger partial charge is 0.244 e. The Kier molecular flexibility index (Phi) is 6.06.